The second-order valence-electron chi connectivity index (χ2n) is 10.5. The lowest BCUT2D eigenvalue weighted by Gasteiger charge is -2.41. The number of amides is 1. The number of piperazine rings is 1. The van der Waals surface area contributed by atoms with Gasteiger partial charge in [-0.1, -0.05) is 17.7 Å². The Morgan fingerprint density at radius 2 is 1.89 bits per heavy atom. The molecular weight excluding hydrogens is 460 g/mol. The fourth-order valence-corrected chi connectivity index (χ4v) is 6.39. The van der Waals surface area contributed by atoms with E-state index in [1.54, 1.807) is 0 Å². The molecule has 0 spiro atoms. The van der Waals surface area contributed by atoms with Crippen molar-refractivity contribution in [2.75, 3.05) is 47.8 Å². The lowest BCUT2D eigenvalue weighted by molar-refractivity contribution is -0.118. The first-order chi connectivity index (χ1) is 17.1. The van der Waals surface area contributed by atoms with E-state index >= 15 is 0 Å². The predicted octanol–water partition coefficient (Wildman–Crippen LogP) is 4.82. The number of halogens is 1. The minimum atomic E-state index is -0.0584. The maximum atomic E-state index is 13.0. The molecule has 2 saturated heterocycles. The Balaban J connectivity index is 1.00. The Morgan fingerprint density at radius 1 is 1.03 bits per heavy atom. The summed E-state index contributed by atoms with van der Waals surface area (Å²) < 4.78 is 0. The Morgan fingerprint density at radius 3 is 2.71 bits per heavy atom. The van der Waals surface area contributed by atoms with Gasteiger partial charge in [-0.05, 0) is 74.4 Å². The van der Waals surface area contributed by atoms with Crippen molar-refractivity contribution in [3.8, 4) is 0 Å². The number of piperidine rings is 1. The summed E-state index contributed by atoms with van der Waals surface area (Å²) in [4.78, 5) is 32.7. The summed E-state index contributed by atoms with van der Waals surface area (Å²) in [5.41, 5.74) is 3.77. The SMILES string of the molecule is O=C(CCC1CC1N1CCN(c2cccc(Cl)c2)CC1)c1ccc2c(c1)NC(=O)C1CCCCN21. The number of nitrogens with zero attached hydrogens (tertiary/aromatic N) is 3. The van der Waals surface area contributed by atoms with Gasteiger partial charge in [0.15, 0.2) is 5.78 Å². The molecule has 3 fully saturated rings. The smallest absolute Gasteiger partial charge is 0.247 e. The van der Waals surface area contributed by atoms with Gasteiger partial charge in [-0.25, -0.2) is 0 Å². The summed E-state index contributed by atoms with van der Waals surface area (Å²) >= 11 is 6.16. The van der Waals surface area contributed by atoms with E-state index in [1.165, 1.54) is 12.1 Å². The Labute approximate surface area is 212 Å². The van der Waals surface area contributed by atoms with Crippen LogP contribution in [-0.2, 0) is 4.79 Å². The number of Topliss-reactive ketones (excluding diaryl/α,β-unsaturated/α-hetero) is 1. The molecule has 1 amide bonds. The van der Waals surface area contributed by atoms with Gasteiger partial charge < -0.3 is 15.1 Å². The molecule has 1 saturated carbocycles. The number of rotatable bonds is 6. The van der Waals surface area contributed by atoms with E-state index < -0.39 is 0 Å². The summed E-state index contributed by atoms with van der Waals surface area (Å²) in [6.07, 6.45) is 5.83. The molecule has 6 nitrogen and oxygen atoms in total. The summed E-state index contributed by atoms with van der Waals surface area (Å²) in [5.74, 6) is 0.862. The first-order valence-electron chi connectivity index (χ1n) is 13.1. The topological polar surface area (TPSA) is 55.9 Å². The van der Waals surface area contributed by atoms with E-state index in [1.807, 2.05) is 36.4 Å². The van der Waals surface area contributed by atoms with Crippen molar-refractivity contribution in [2.24, 2.45) is 5.92 Å². The quantitative estimate of drug-likeness (QED) is 0.586. The second kappa shape index (κ2) is 9.47. The zero-order valence-electron chi connectivity index (χ0n) is 20.1. The fourth-order valence-electron chi connectivity index (χ4n) is 6.20. The zero-order valence-corrected chi connectivity index (χ0v) is 20.8. The summed E-state index contributed by atoms with van der Waals surface area (Å²) in [6.45, 7) is 5.06. The molecule has 1 aliphatic carbocycles. The number of hydrogen-bond donors (Lipinski definition) is 1. The molecule has 1 N–H and O–H groups in total. The van der Waals surface area contributed by atoms with Gasteiger partial charge in [0.1, 0.15) is 6.04 Å². The third-order valence-electron chi connectivity index (χ3n) is 8.28. The van der Waals surface area contributed by atoms with Crippen LogP contribution in [-0.4, -0.2) is 61.4 Å². The largest absolute Gasteiger partial charge is 0.369 e. The minimum absolute atomic E-state index is 0.0584. The van der Waals surface area contributed by atoms with Crippen molar-refractivity contribution in [2.45, 2.75) is 50.6 Å². The molecule has 0 radical (unpaired) electrons. The van der Waals surface area contributed by atoms with Crippen molar-refractivity contribution in [1.29, 1.82) is 0 Å². The van der Waals surface area contributed by atoms with Crippen molar-refractivity contribution in [1.82, 2.24) is 4.90 Å². The molecule has 2 aromatic carbocycles. The first kappa shape index (κ1) is 22.9. The zero-order chi connectivity index (χ0) is 23.9. The van der Waals surface area contributed by atoms with Gasteiger partial charge in [-0.15, -0.1) is 0 Å². The van der Waals surface area contributed by atoms with Crippen LogP contribution in [0.5, 0.6) is 0 Å². The Hall–Kier alpha value is -2.57. The van der Waals surface area contributed by atoms with Crippen molar-refractivity contribution in [3.63, 3.8) is 0 Å². The van der Waals surface area contributed by atoms with Crippen molar-refractivity contribution in [3.05, 3.63) is 53.1 Å². The third-order valence-corrected chi connectivity index (χ3v) is 8.51. The van der Waals surface area contributed by atoms with Crippen LogP contribution in [0.2, 0.25) is 5.02 Å². The summed E-state index contributed by atoms with van der Waals surface area (Å²) in [6, 6.07) is 14.5. The highest BCUT2D eigenvalue weighted by Crippen LogP contribution is 2.41. The van der Waals surface area contributed by atoms with Gasteiger partial charge in [0, 0.05) is 61.5 Å². The fraction of sp³-hybridized carbons (Fsp3) is 0.500. The van der Waals surface area contributed by atoms with Gasteiger partial charge >= 0.3 is 0 Å². The highest BCUT2D eigenvalue weighted by Gasteiger charge is 2.42. The molecule has 3 aliphatic heterocycles. The molecule has 35 heavy (non-hydrogen) atoms. The van der Waals surface area contributed by atoms with Crippen molar-refractivity contribution >= 4 is 40.4 Å². The van der Waals surface area contributed by atoms with Crippen LogP contribution in [0.3, 0.4) is 0 Å². The molecule has 0 aromatic heterocycles. The minimum Gasteiger partial charge on any atom is -0.369 e. The number of hydrogen-bond acceptors (Lipinski definition) is 5. The van der Waals surface area contributed by atoms with E-state index in [9.17, 15) is 9.59 Å². The van der Waals surface area contributed by atoms with E-state index in [0.717, 1.165) is 74.8 Å². The number of anilines is 3. The number of fused-ring (bicyclic) bond motifs is 3. The van der Waals surface area contributed by atoms with E-state index in [4.69, 9.17) is 11.6 Å². The van der Waals surface area contributed by atoms with Gasteiger partial charge in [0.05, 0.1) is 11.4 Å². The molecule has 3 atom stereocenters. The molecule has 3 unspecified atom stereocenters. The van der Waals surface area contributed by atoms with Gasteiger partial charge in [-0.3, -0.25) is 14.5 Å². The van der Waals surface area contributed by atoms with Crippen LogP contribution in [0.4, 0.5) is 17.1 Å². The molecule has 0 bridgehead atoms. The lowest BCUT2D eigenvalue weighted by Crippen LogP contribution is -2.50. The number of nitrogens with one attached hydrogen (secondary N) is 1. The molecule has 3 heterocycles. The van der Waals surface area contributed by atoms with Crippen LogP contribution in [0, 0.1) is 5.92 Å². The third kappa shape index (κ3) is 4.66. The van der Waals surface area contributed by atoms with E-state index in [-0.39, 0.29) is 17.7 Å². The molecule has 7 heteroatoms. The molecule has 4 aliphatic rings. The average molecular weight is 493 g/mol. The standard InChI is InChI=1S/C28H33ClN4O2/c29-21-4-3-5-22(18-21)31-12-14-32(15-13-31)26-17-19(26)8-10-27(34)20-7-9-24-23(16-20)30-28(35)25-6-1-2-11-33(24)25/h3-5,7,9,16,18-19,25-26H,1-2,6,8,10-15,17H2,(H,30,35). The first-order valence-corrected chi connectivity index (χ1v) is 13.4. The lowest BCUT2D eigenvalue weighted by atomic mass is 9.96. The maximum Gasteiger partial charge on any atom is 0.247 e. The summed E-state index contributed by atoms with van der Waals surface area (Å²) in [5, 5.41) is 3.84. The monoisotopic (exact) mass is 492 g/mol. The van der Waals surface area contributed by atoms with E-state index in [2.05, 4.69) is 26.1 Å². The predicted molar refractivity (Wildman–Crippen MR) is 141 cm³/mol. The summed E-state index contributed by atoms with van der Waals surface area (Å²) in [7, 11) is 0. The second-order valence-corrected chi connectivity index (χ2v) is 10.9. The Bertz CT molecular complexity index is 1130. The van der Waals surface area contributed by atoms with Crippen LogP contribution in [0.1, 0.15) is 48.9 Å². The highest BCUT2D eigenvalue weighted by atomic mass is 35.5. The number of carbonyl (C=O) groups excluding carboxylic acids is 2. The van der Waals surface area contributed by atoms with Crippen molar-refractivity contribution < 1.29 is 9.59 Å². The molecule has 6 rings (SSSR count). The molecule has 2 aromatic rings. The molecule has 184 valence electrons. The Kier molecular flexibility index (Phi) is 6.19. The van der Waals surface area contributed by atoms with Gasteiger partial charge in [0.2, 0.25) is 5.91 Å². The van der Waals surface area contributed by atoms with Gasteiger partial charge in [0.25, 0.3) is 0 Å². The number of benzene rings is 2. The van der Waals surface area contributed by atoms with E-state index in [0.29, 0.717) is 23.9 Å². The van der Waals surface area contributed by atoms with Crippen LogP contribution in [0.15, 0.2) is 42.5 Å². The molecular formula is C28H33ClN4O2. The highest BCUT2D eigenvalue weighted by molar-refractivity contribution is 6.30. The number of carbonyl (C=O) groups is 2. The van der Waals surface area contributed by atoms with Gasteiger partial charge in [-0.2, -0.15) is 0 Å². The van der Waals surface area contributed by atoms with Crippen LogP contribution in [0.25, 0.3) is 0 Å². The van der Waals surface area contributed by atoms with Crippen LogP contribution >= 0.6 is 11.6 Å². The maximum absolute atomic E-state index is 13.0. The average Bonchev–Trinajstić information content (AvgIpc) is 3.67. The normalized spacial score (nSPS) is 26.1. The number of ketones is 1. The van der Waals surface area contributed by atoms with Crippen LogP contribution < -0.4 is 15.1 Å².